The SMILES string of the molecule is [2H]c1c(F)c([2H])c(Cc2ccc3c(c2)C(NC(=O)c2ccc(N4CCN(C)CC4)cc2CC2CCOCC2)=NC3)c([2H])c1F. The van der Waals surface area contributed by atoms with Gasteiger partial charge in [-0.3, -0.25) is 9.79 Å². The number of nitrogens with one attached hydrogen (secondary N) is 1. The van der Waals surface area contributed by atoms with E-state index in [0.717, 1.165) is 75.5 Å². The van der Waals surface area contributed by atoms with Crippen LogP contribution in [0.4, 0.5) is 14.5 Å². The lowest BCUT2D eigenvalue weighted by atomic mass is 9.89. The van der Waals surface area contributed by atoms with E-state index in [1.807, 2.05) is 18.2 Å². The molecule has 3 heterocycles. The molecule has 3 aliphatic heterocycles. The van der Waals surface area contributed by atoms with E-state index in [0.29, 0.717) is 35.0 Å². The number of aliphatic imine (C=N–C) groups is 1. The molecule has 0 bridgehead atoms. The molecule has 3 aliphatic rings. The average molecular weight is 562 g/mol. The summed E-state index contributed by atoms with van der Waals surface area (Å²) >= 11 is 0. The molecule has 0 aliphatic carbocycles. The van der Waals surface area contributed by atoms with Crippen LogP contribution in [0.3, 0.4) is 0 Å². The molecule has 0 saturated carbocycles. The minimum Gasteiger partial charge on any atom is -0.381 e. The van der Waals surface area contributed by atoms with Gasteiger partial charge in [-0.05, 0) is 97.3 Å². The fraction of sp³-hybridized carbons (Fsp3) is 0.394. The van der Waals surface area contributed by atoms with Crippen molar-refractivity contribution in [1.82, 2.24) is 10.2 Å². The van der Waals surface area contributed by atoms with Crippen molar-refractivity contribution in [3.63, 3.8) is 0 Å². The molecule has 2 fully saturated rings. The van der Waals surface area contributed by atoms with Crippen LogP contribution < -0.4 is 10.2 Å². The van der Waals surface area contributed by atoms with Crippen molar-refractivity contribution < 1.29 is 22.4 Å². The summed E-state index contributed by atoms with van der Waals surface area (Å²) in [5.41, 5.74) is 4.82. The number of nitrogens with zero attached hydrogens (tertiary/aromatic N) is 3. The minimum atomic E-state index is -1.28. The first kappa shape index (κ1) is 24.0. The molecule has 0 atom stereocenters. The number of hydrogen-bond donors (Lipinski definition) is 1. The van der Waals surface area contributed by atoms with Gasteiger partial charge >= 0.3 is 0 Å². The van der Waals surface area contributed by atoms with Crippen LogP contribution in [0, 0.1) is 17.6 Å². The first-order valence-electron chi connectivity index (χ1n) is 15.8. The second kappa shape index (κ2) is 12.1. The summed E-state index contributed by atoms with van der Waals surface area (Å²) in [4.78, 5) is 23.0. The third-order valence-electron chi connectivity index (χ3n) is 8.24. The molecular weight excluding hydrogens is 522 g/mol. The summed E-state index contributed by atoms with van der Waals surface area (Å²) in [6.45, 7) is 5.70. The Kier molecular flexibility index (Phi) is 7.08. The number of hydrogen-bond acceptors (Lipinski definition) is 5. The largest absolute Gasteiger partial charge is 0.381 e. The van der Waals surface area contributed by atoms with Crippen LogP contribution >= 0.6 is 0 Å². The van der Waals surface area contributed by atoms with Gasteiger partial charge in [0, 0.05) is 62.2 Å². The smallest absolute Gasteiger partial charge is 0.257 e. The van der Waals surface area contributed by atoms with E-state index < -0.39 is 29.8 Å². The van der Waals surface area contributed by atoms with Gasteiger partial charge in [0.2, 0.25) is 0 Å². The summed E-state index contributed by atoms with van der Waals surface area (Å²) in [5, 5.41) is 3.02. The van der Waals surface area contributed by atoms with Crippen LogP contribution in [0.1, 0.15) is 55.1 Å². The van der Waals surface area contributed by atoms with Crippen molar-refractivity contribution in [2.24, 2.45) is 10.9 Å². The number of halogens is 2. The number of ether oxygens (including phenoxy) is 1. The lowest BCUT2D eigenvalue weighted by molar-refractivity contribution is 0.0664. The number of likely N-dealkylation sites (N-methyl/N-ethyl adjacent to an activating group) is 1. The zero-order valence-corrected chi connectivity index (χ0v) is 23.2. The molecule has 6 rings (SSSR count). The second-order valence-electron chi connectivity index (χ2n) is 11.2. The first-order valence-corrected chi connectivity index (χ1v) is 14.3. The van der Waals surface area contributed by atoms with Gasteiger partial charge in [-0.1, -0.05) is 12.1 Å². The summed E-state index contributed by atoms with van der Waals surface area (Å²) < 4.78 is 57.6. The highest BCUT2D eigenvalue weighted by Crippen LogP contribution is 2.28. The Morgan fingerprint density at radius 2 is 1.78 bits per heavy atom. The van der Waals surface area contributed by atoms with Crippen molar-refractivity contribution in [2.45, 2.75) is 32.2 Å². The lowest BCUT2D eigenvalue weighted by Gasteiger charge is -2.34. The molecule has 214 valence electrons. The highest BCUT2D eigenvalue weighted by atomic mass is 19.1. The van der Waals surface area contributed by atoms with E-state index in [9.17, 15) is 13.6 Å². The number of benzene rings is 3. The van der Waals surface area contributed by atoms with Gasteiger partial charge in [0.15, 0.2) is 0 Å². The Morgan fingerprint density at radius 3 is 2.54 bits per heavy atom. The Morgan fingerprint density at radius 1 is 1.02 bits per heavy atom. The van der Waals surface area contributed by atoms with Crippen molar-refractivity contribution in [3.05, 3.63) is 99.5 Å². The molecule has 0 aromatic heterocycles. The third-order valence-corrected chi connectivity index (χ3v) is 8.24. The van der Waals surface area contributed by atoms with Crippen LogP contribution in [0.5, 0.6) is 0 Å². The van der Waals surface area contributed by atoms with Crippen molar-refractivity contribution >= 4 is 17.4 Å². The highest BCUT2D eigenvalue weighted by molar-refractivity contribution is 6.14. The number of carbonyl (C=O) groups is 1. The van der Waals surface area contributed by atoms with E-state index in [2.05, 4.69) is 33.2 Å². The number of fused-ring (bicyclic) bond motifs is 1. The average Bonchev–Trinajstić information content (AvgIpc) is 3.43. The standard InChI is InChI=1S/C33H36F2N4O2/c1-38-8-10-39(11-9-38)29-4-5-30(26(19-29)15-22-6-12-41-13-7-22)33(40)37-32-31-18-23(2-3-25(31)21-36-32)14-24-16-27(34)20-28(35)17-24/h2-5,16-20,22H,6-15,21H2,1H3,(H,36,37,40)/i16D,17D,20D. The number of rotatable bonds is 6. The molecule has 0 radical (unpaired) electrons. The normalized spacial score (nSPS) is 18.9. The lowest BCUT2D eigenvalue weighted by Crippen LogP contribution is -2.44. The Balaban J connectivity index is 1.24. The van der Waals surface area contributed by atoms with Gasteiger partial charge in [0.05, 0.1) is 10.7 Å². The number of amides is 1. The van der Waals surface area contributed by atoms with E-state index in [4.69, 9.17) is 8.85 Å². The molecular formula is C33H36F2N4O2. The summed E-state index contributed by atoms with van der Waals surface area (Å²) in [6, 6.07) is 9.12. The van der Waals surface area contributed by atoms with E-state index in [-0.39, 0.29) is 17.9 Å². The number of carbonyl (C=O) groups excluding carboxylic acids is 1. The van der Waals surface area contributed by atoms with Crippen LogP contribution in [-0.4, -0.2) is 63.1 Å². The predicted molar refractivity (Wildman–Crippen MR) is 157 cm³/mol. The summed E-state index contributed by atoms with van der Waals surface area (Å²) in [7, 11) is 2.13. The second-order valence-corrected chi connectivity index (χ2v) is 11.2. The van der Waals surface area contributed by atoms with Gasteiger partial charge < -0.3 is 19.9 Å². The first-order chi connectivity index (χ1) is 21.2. The van der Waals surface area contributed by atoms with Crippen molar-refractivity contribution in [1.29, 1.82) is 0 Å². The molecule has 41 heavy (non-hydrogen) atoms. The molecule has 8 heteroatoms. The number of piperazine rings is 1. The topological polar surface area (TPSA) is 57.2 Å². The molecule has 3 aromatic rings. The third kappa shape index (κ3) is 6.49. The Bertz CT molecular complexity index is 1590. The minimum absolute atomic E-state index is 0.0662. The number of anilines is 1. The quantitative estimate of drug-likeness (QED) is 0.462. The van der Waals surface area contributed by atoms with Crippen LogP contribution in [0.25, 0.3) is 0 Å². The van der Waals surface area contributed by atoms with E-state index in [1.165, 1.54) is 0 Å². The fourth-order valence-electron chi connectivity index (χ4n) is 5.86. The predicted octanol–water partition coefficient (Wildman–Crippen LogP) is 4.97. The van der Waals surface area contributed by atoms with Gasteiger partial charge in [0.1, 0.15) is 17.5 Å². The molecule has 3 aromatic carbocycles. The maximum Gasteiger partial charge on any atom is 0.257 e. The maximum absolute atomic E-state index is 14.3. The summed E-state index contributed by atoms with van der Waals surface area (Å²) in [6.07, 6.45) is 2.64. The molecule has 0 unspecified atom stereocenters. The highest BCUT2D eigenvalue weighted by Gasteiger charge is 2.24. The van der Waals surface area contributed by atoms with Crippen molar-refractivity contribution in [2.75, 3.05) is 51.3 Å². The summed E-state index contributed by atoms with van der Waals surface area (Å²) in [5.74, 6) is -1.94. The van der Waals surface area contributed by atoms with E-state index >= 15 is 0 Å². The van der Waals surface area contributed by atoms with E-state index in [1.54, 1.807) is 12.1 Å². The zero-order chi connectivity index (χ0) is 31.0. The van der Waals surface area contributed by atoms with Crippen molar-refractivity contribution in [3.8, 4) is 0 Å². The van der Waals surface area contributed by atoms with Crippen LogP contribution in [0.15, 0.2) is 59.5 Å². The van der Waals surface area contributed by atoms with Gasteiger partial charge in [-0.2, -0.15) is 0 Å². The van der Waals surface area contributed by atoms with Gasteiger partial charge in [-0.25, -0.2) is 8.78 Å². The monoisotopic (exact) mass is 561 g/mol. The molecule has 1 N–H and O–H groups in total. The maximum atomic E-state index is 14.3. The zero-order valence-electron chi connectivity index (χ0n) is 26.2. The Labute approximate surface area is 244 Å². The number of amidine groups is 1. The fourth-order valence-corrected chi connectivity index (χ4v) is 5.86. The van der Waals surface area contributed by atoms with Gasteiger partial charge in [-0.15, -0.1) is 0 Å². The van der Waals surface area contributed by atoms with Gasteiger partial charge in [0.25, 0.3) is 5.91 Å². The Hall–Kier alpha value is -3.62. The molecule has 6 nitrogen and oxygen atoms in total. The molecule has 2 saturated heterocycles. The molecule has 0 spiro atoms. The van der Waals surface area contributed by atoms with Crippen LogP contribution in [-0.2, 0) is 24.1 Å². The molecule has 1 amide bonds. The van der Waals surface area contributed by atoms with Crippen LogP contribution in [0.2, 0.25) is 0 Å².